The molecule has 2 N–H and O–H groups in total. The van der Waals surface area contributed by atoms with Crippen LogP contribution in [-0.4, -0.2) is 56.3 Å². The molecule has 0 amide bonds. The molecule has 2 atom stereocenters. The molecule has 7 heteroatoms. The number of aliphatic imine (C=N–C) groups is 1. The van der Waals surface area contributed by atoms with Crippen LogP contribution < -0.4 is 10.6 Å². The van der Waals surface area contributed by atoms with E-state index in [1.54, 1.807) is 19.2 Å². The number of ether oxygens (including phenoxy) is 1. The molecule has 0 bridgehead atoms. The Kier molecular flexibility index (Phi) is 9.53. The average Bonchev–Trinajstić information content (AvgIpc) is 2.56. The molecule has 1 saturated heterocycles. The summed E-state index contributed by atoms with van der Waals surface area (Å²) >= 11 is 0. The first-order valence-electron chi connectivity index (χ1n) is 8.13. The van der Waals surface area contributed by atoms with Crippen LogP contribution in [0.3, 0.4) is 0 Å². The predicted octanol–water partition coefficient (Wildman–Crippen LogP) is 2.22. The molecule has 1 aliphatic heterocycles. The molecule has 5 nitrogen and oxygen atoms in total. The van der Waals surface area contributed by atoms with Crippen molar-refractivity contribution in [3.8, 4) is 0 Å². The minimum Gasteiger partial charge on any atom is -0.379 e. The lowest BCUT2D eigenvalue weighted by Gasteiger charge is -2.38. The lowest BCUT2D eigenvalue weighted by Crippen LogP contribution is -2.53. The van der Waals surface area contributed by atoms with Gasteiger partial charge in [-0.25, -0.2) is 4.39 Å². The highest BCUT2D eigenvalue weighted by molar-refractivity contribution is 14.0. The minimum atomic E-state index is -0.203. The average molecular weight is 450 g/mol. The minimum absolute atomic E-state index is 0. The van der Waals surface area contributed by atoms with E-state index in [1.165, 1.54) is 6.07 Å². The summed E-state index contributed by atoms with van der Waals surface area (Å²) in [6, 6.07) is 7.56. The van der Waals surface area contributed by atoms with Crippen LogP contribution in [0.15, 0.2) is 29.3 Å². The third kappa shape index (κ3) is 6.18. The molecule has 1 heterocycles. The number of halogens is 2. The van der Waals surface area contributed by atoms with E-state index in [9.17, 15) is 4.39 Å². The van der Waals surface area contributed by atoms with E-state index in [0.29, 0.717) is 30.2 Å². The van der Waals surface area contributed by atoms with Crippen LogP contribution in [0.5, 0.6) is 0 Å². The number of hydrogen-bond acceptors (Lipinski definition) is 3. The Labute approximate surface area is 161 Å². The van der Waals surface area contributed by atoms with Crippen LogP contribution in [-0.2, 0) is 11.3 Å². The van der Waals surface area contributed by atoms with Crippen molar-refractivity contribution in [2.45, 2.75) is 32.5 Å². The maximum atomic E-state index is 13.6. The van der Waals surface area contributed by atoms with Crippen molar-refractivity contribution in [3.05, 3.63) is 35.6 Å². The molecule has 0 radical (unpaired) electrons. The first kappa shape index (κ1) is 21.1. The molecule has 136 valence electrons. The van der Waals surface area contributed by atoms with Gasteiger partial charge in [-0.3, -0.25) is 9.89 Å². The maximum absolute atomic E-state index is 13.6. The van der Waals surface area contributed by atoms with Crippen LogP contribution in [0.1, 0.15) is 19.4 Å². The number of benzene rings is 1. The van der Waals surface area contributed by atoms with Crippen LogP contribution in [0, 0.1) is 5.82 Å². The second kappa shape index (κ2) is 10.8. The highest BCUT2D eigenvalue weighted by atomic mass is 127. The molecule has 2 rings (SSSR count). The van der Waals surface area contributed by atoms with Gasteiger partial charge >= 0.3 is 0 Å². The monoisotopic (exact) mass is 450 g/mol. The molecule has 0 spiro atoms. The number of nitrogens with one attached hydrogen (secondary N) is 2. The largest absolute Gasteiger partial charge is 0.379 e. The Bertz CT molecular complexity index is 529. The van der Waals surface area contributed by atoms with Crippen LogP contribution in [0.4, 0.5) is 4.39 Å². The van der Waals surface area contributed by atoms with Crippen LogP contribution in [0.2, 0.25) is 0 Å². The molecule has 1 fully saturated rings. The van der Waals surface area contributed by atoms with Gasteiger partial charge in [0, 0.05) is 44.3 Å². The van der Waals surface area contributed by atoms with Crippen molar-refractivity contribution in [2.75, 3.05) is 33.4 Å². The normalized spacial score (nSPS) is 20.2. The second-order valence-electron chi connectivity index (χ2n) is 5.91. The number of morpholine rings is 1. The fraction of sp³-hybridized carbons (Fsp3) is 0.588. The summed E-state index contributed by atoms with van der Waals surface area (Å²) in [5, 5.41) is 6.46. The molecule has 0 saturated carbocycles. The van der Waals surface area contributed by atoms with Crippen molar-refractivity contribution >= 4 is 29.9 Å². The van der Waals surface area contributed by atoms with Gasteiger partial charge in [-0.2, -0.15) is 0 Å². The fourth-order valence-corrected chi connectivity index (χ4v) is 2.80. The second-order valence-corrected chi connectivity index (χ2v) is 5.91. The van der Waals surface area contributed by atoms with Gasteiger partial charge in [0.05, 0.1) is 13.2 Å². The number of guanidine groups is 1. The highest BCUT2D eigenvalue weighted by Gasteiger charge is 2.23. The molecule has 1 aliphatic rings. The van der Waals surface area contributed by atoms with Crippen molar-refractivity contribution in [2.24, 2.45) is 4.99 Å². The van der Waals surface area contributed by atoms with Gasteiger partial charge < -0.3 is 15.4 Å². The summed E-state index contributed by atoms with van der Waals surface area (Å²) in [5.74, 6) is 0.479. The van der Waals surface area contributed by atoms with Gasteiger partial charge in [-0.1, -0.05) is 18.2 Å². The van der Waals surface area contributed by atoms with Gasteiger partial charge in [0.2, 0.25) is 0 Å². The van der Waals surface area contributed by atoms with E-state index in [0.717, 1.165) is 26.3 Å². The van der Waals surface area contributed by atoms with Crippen molar-refractivity contribution in [3.63, 3.8) is 0 Å². The first-order valence-corrected chi connectivity index (χ1v) is 8.13. The van der Waals surface area contributed by atoms with Gasteiger partial charge in [-0.05, 0) is 19.9 Å². The molecule has 1 aromatic carbocycles. The van der Waals surface area contributed by atoms with Crippen molar-refractivity contribution in [1.29, 1.82) is 0 Å². The maximum Gasteiger partial charge on any atom is 0.191 e. The molecular formula is C17H28FIN4O. The van der Waals surface area contributed by atoms with E-state index in [2.05, 4.69) is 34.4 Å². The Morgan fingerprint density at radius 2 is 2.17 bits per heavy atom. The topological polar surface area (TPSA) is 48.9 Å². The Morgan fingerprint density at radius 3 is 2.83 bits per heavy atom. The zero-order chi connectivity index (χ0) is 16.7. The molecular weight excluding hydrogens is 422 g/mol. The van der Waals surface area contributed by atoms with Crippen LogP contribution >= 0.6 is 24.0 Å². The zero-order valence-electron chi connectivity index (χ0n) is 14.6. The quantitative estimate of drug-likeness (QED) is 0.411. The Hall–Kier alpha value is -0.930. The third-order valence-corrected chi connectivity index (χ3v) is 4.18. The van der Waals surface area contributed by atoms with E-state index in [1.807, 2.05) is 6.07 Å². The van der Waals surface area contributed by atoms with E-state index in [-0.39, 0.29) is 29.8 Å². The number of rotatable bonds is 5. The number of nitrogens with zero attached hydrogens (tertiary/aromatic N) is 2. The van der Waals surface area contributed by atoms with E-state index < -0.39 is 0 Å². The fourth-order valence-electron chi connectivity index (χ4n) is 2.80. The van der Waals surface area contributed by atoms with Gasteiger partial charge in [-0.15, -0.1) is 24.0 Å². The molecule has 2 unspecified atom stereocenters. The van der Waals surface area contributed by atoms with Crippen molar-refractivity contribution in [1.82, 2.24) is 15.5 Å². The Morgan fingerprint density at radius 1 is 1.42 bits per heavy atom. The zero-order valence-corrected chi connectivity index (χ0v) is 16.9. The summed E-state index contributed by atoms with van der Waals surface area (Å²) in [5.41, 5.74) is 0.630. The van der Waals surface area contributed by atoms with Gasteiger partial charge in [0.1, 0.15) is 5.82 Å². The lowest BCUT2D eigenvalue weighted by molar-refractivity contribution is -0.0174. The summed E-state index contributed by atoms with van der Waals surface area (Å²) in [6.07, 6.45) is 0. The summed E-state index contributed by atoms with van der Waals surface area (Å²) in [7, 11) is 1.72. The van der Waals surface area contributed by atoms with Crippen LogP contribution in [0.25, 0.3) is 0 Å². The highest BCUT2D eigenvalue weighted by Crippen LogP contribution is 2.10. The van der Waals surface area contributed by atoms with E-state index >= 15 is 0 Å². The standard InChI is InChI=1S/C17H27FN4O.HI/c1-13(22-8-9-23-12-14(22)2)10-20-17(19-3)21-11-15-6-4-5-7-16(15)18;/h4-7,13-14H,8-12H2,1-3H3,(H2,19,20,21);1H. The summed E-state index contributed by atoms with van der Waals surface area (Å²) in [6.45, 7) is 8.08. The third-order valence-electron chi connectivity index (χ3n) is 4.18. The molecule has 0 aliphatic carbocycles. The van der Waals surface area contributed by atoms with E-state index in [4.69, 9.17) is 4.74 Å². The summed E-state index contributed by atoms with van der Waals surface area (Å²) in [4.78, 5) is 6.63. The molecule has 0 aromatic heterocycles. The molecule has 1 aromatic rings. The van der Waals surface area contributed by atoms with Gasteiger partial charge in [0.15, 0.2) is 5.96 Å². The van der Waals surface area contributed by atoms with Crippen molar-refractivity contribution < 1.29 is 9.13 Å². The number of hydrogen-bond donors (Lipinski definition) is 2. The van der Waals surface area contributed by atoms with Gasteiger partial charge in [0.25, 0.3) is 0 Å². The smallest absolute Gasteiger partial charge is 0.191 e. The first-order chi connectivity index (χ1) is 11.1. The lowest BCUT2D eigenvalue weighted by atomic mass is 10.2. The SMILES string of the molecule is CN=C(NCc1ccccc1F)NCC(C)N1CCOCC1C.I. The predicted molar refractivity (Wildman–Crippen MR) is 106 cm³/mol. The molecule has 24 heavy (non-hydrogen) atoms. The Balaban J connectivity index is 0.00000288. The summed E-state index contributed by atoms with van der Waals surface area (Å²) < 4.78 is 19.1.